The van der Waals surface area contributed by atoms with Gasteiger partial charge in [0.1, 0.15) is 23.3 Å². The molecule has 0 fully saturated rings. The van der Waals surface area contributed by atoms with Crippen LogP contribution in [0.25, 0.3) is 135 Å². The summed E-state index contributed by atoms with van der Waals surface area (Å²) in [4.78, 5) is 18.7. The Hall–Kier alpha value is -11.8. The molecule has 0 aliphatic rings. The SMILES string of the molecule is Cc1nc(-c2[c-]ccc(-c3ccccc3)c2)n(-c2ccccc2C)n1.Cc1nc(-c2[c-]cccc2)n(-c2c(-c3ccccc3)cccc2-c2ccccc2)n1.Cc1nc(-c2[c-]cccc2)n(-c2cc(-c3ccccc3)cc(-c3ccccc3)c2)n1.Cc1nc(-c2[c-]cccc2)n(-c2cccc(-c3ccccc3)c2)n1.[Ir].[Ir].[Ir].[Ir]. The molecule has 0 saturated heterocycles. The molecule has 18 aromatic rings. The van der Waals surface area contributed by atoms with Crippen molar-refractivity contribution >= 4 is 0 Å². The molecule has 0 aliphatic heterocycles. The van der Waals surface area contributed by atoms with Crippen molar-refractivity contribution < 1.29 is 80.4 Å². The largest absolute Gasteiger partial charge is 0.262 e. The van der Waals surface area contributed by atoms with Crippen LogP contribution in [0.2, 0.25) is 0 Å². The van der Waals surface area contributed by atoms with Gasteiger partial charge < -0.3 is 0 Å². The monoisotopic (exact) mass is 2180 g/mol. The normalized spacial score (nSPS) is 10.4. The minimum Gasteiger partial charge on any atom is -0.262 e. The van der Waals surface area contributed by atoms with Crippen molar-refractivity contribution in [1.29, 1.82) is 0 Å². The van der Waals surface area contributed by atoms with Crippen molar-refractivity contribution in [3.63, 3.8) is 0 Å². The van der Waals surface area contributed by atoms with Gasteiger partial charge in [-0.3, -0.25) is 38.7 Å². The van der Waals surface area contributed by atoms with E-state index in [1.54, 1.807) is 0 Å². The van der Waals surface area contributed by atoms with Gasteiger partial charge in [-0.25, -0.2) is 0 Å². The third-order valence-corrected chi connectivity index (χ3v) is 18.2. The van der Waals surface area contributed by atoms with E-state index in [-0.39, 0.29) is 80.4 Å². The Bertz CT molecular complexity index is 5910. The van der Waals surface area contributed by atoms with Crippen LogP contribution >= 0.6 is 0 Å². The first kappa shape index (κ1) is 82.2. The number of hydrogen-bond donors (Lipinski definition) is 0. The summed E-state index contributed by atoms with van der Waals surface area (Å²) in [5, 5.41) is 18.7. The van der Waals surface area contributed by atoms with Crippen molar-refractivity contribution in [2.45, 2.75) is 34.6 Å². The minimum atomic E-state index is 0. The molecule has 12 nitrogen and oxygen atoms in total. The van der Waals surface area contributed by atoms with Crippen LogP contribution in [0.15, 0.2) is 358 Å². The van der Waals surface area contributed by atoms with Crippen LogP contribution < -0.4 is 0 Å². The fraction of sp³-hybridized carbons (Fsp3) is 0.0515. The summed E-state index contributed by atoms with van der Waals surface area (Å²) >= 11 is 0. The second kappa shape index (κ2) is 39.4. The number of rotatable bonds is 14. The average molecular weight is 2180 g/mol. The van der Waals surface area contributed by atoms with E-state index in [2.05, 4.69) is 250 Å². The molecule has 0 amide bonds. The van der Waals surface area contributed by atoms with Gasteiger partial charge in [-0.05, 0) is 127 Å². The van der Waals surface area contributed by atoms with E-state index in [0.29, 0.717) is 0 Å². The Labute approximate surface area is 713 Å². The molecule has 0 N–H and O–H groups in total. The maximum Gasteiger partial charge on any atom is 0.137 e. The molecule has 4 aromatic heterocycles. The Kier molecular flexibility index (Phi) is 28.7. The Morgan fingerprint density at radius 2 is 0.540 bits per heavy atom. The van der Waals surface area contributed by atoms with Crippen LogP contribution in [0.1, 0.15) is 28.9 Å². The van der Waals surface area contributed by atoms with Crippen LogP contribution in [0.5, 0.6) is 0 Å². The van der Waals surface area contributed by atoms with Gasteiger partial charge in [-0.2, -0.15) is 20.4 Å². The second-order valence-corrected chi connectivity index (χ2v) is 25.9. The topological polar surface area (TPSA) is 123 Å². The minimum absolute atomic E-state index is 0. The van der Waals surface area contributed by atoms with E-state index in [4.69, 9.17) is 15.2 Å². The maximum atomic E-state index is 4.82. The molecule has 0 spiro atoms. The predicted molar refractivity (Wildman–Crippen MR) is 439 cm³/mol. The summed E-state index contributed by atoms with van der Waals surface area (Å²) in [7, 11) is 0. The third kappa shape index (κ3) is 19.8. The van der Waals surface area contributed by atoms with Crippen molar-refractivity contribution in [3.8, 4) is 135 Å². The summed E-state index contributed by atoms with van der Waals surface area (Å²) < 4.78 is 7.67. The number of aryl methyl sites for hydroxylation is 5. The van der Waals surface area contributed by atoms with E-state index in [1.807, 2.05) is 210 Å². The molecule has 0 saturated carbocycles. The number of hydrogen-bond acceptors (Lipinski definition) is 8. The molecule has 4 radical (unpaired) electrons. The Balaban J connectivity index is 0.000000148. The van der Waals surface area contributed by atoms with Gasteiger partial charge in [0.2, 0.25) is 0 Å². The molecule has 0 unspecified atom stereocenters. The maximum absolute atomic E-state index is 4.82. The first-order valence-corrected chi connectivity index (χ1v) is 36.1. The summed E-state index contributed by atoms with van der Waals surface area (Å²) in [5.74, 6) is 6.13. The van der Waals surface area contributed by atoms with E-state index in [9.17, 15) is 0 Å². The third-order valence-electron chi connectivity index (χ3n) is 18.2. The van der Waals surface area contributed by atoms with Crippen LogP contribution in [0.4, 0.5) is 0 Å². The van der Waals surface area contributed by atoms with E-state index in [0.717, 1.165) is 142 Å². The van der Waals surface area contributed by atoms with Gasteiger partial charge in [0.15, 0.2) is 0 Å². The number of aromatic nitrogens is 12. The van der Waals surface area contributed by atoms with Crippen LogP contribution in [0.3, 0.4) is 0 Å². The van der Waals surface area contributed by atoms with Gasteiger partial charge >= 0.3 is 0 Å². The van der Waals surface area contributed by atoms with E-state index < -0.39 is 0 Å². The zero-order valence-corrected chi connectivity index (χ0v) is 71.8. The summed E-state index contributed by atoms with van der Waals surface area (Å²) in [6, 6.07) is 135. The van der Waals surface area contributed by atoms with Gasteiger partial charge in [-0.1, -0.05) is 231 Å². The molecule has 18 rings (SSSR count). The van der Waals surface area contributed by atoms with Crippen molar-refractivity contribution in [3.05, 3.63) is 411 Å². The molecule has 0 aliphatic carbocycles. The number of para-hydroxylation sites is 2. The van der Waals surface area contributed by atoms with Gasteiger partial charge in [0.05, 0.1) is 46.0 Å². The molecule has 0 bridgehead atoms. The first-order valence-electron chi connectivity index (χ1n) is 36.1. The Morgan fingerprint density at radius 1 is 0.221 bits per heavy atom. The molecule has 113 heavy (non-hydrogen) atoms. The standard InChI is InChI=1S/2C27H20N3.C22H18N3.C21H16N3.4Ir/c1-20-28-27(23-16-9-4-10-17-23)30(29-20)26-24(21-12-5-2-6-13-21)18-11-19-25(26)22-14-7-3-8-15-22;1-20-28-27(23-15-9-4-10-16-23)30(29-20)26-18-24(21-11-5-2-6-12-21)17-25(19-26)22-13-7-3-8-14-22;1-16-9-6-7-14-21(16)25-22(23-17(2)24-25)20-13-8-12-19(15-20)18-10-4-3-5-11-18;1-16-22-21(18-11-6-3-7-12-18)24(23-16)20-14-8-13-19(15-20)17-9-4-2-5-10-17;;;;/h2-16,18-19H,1H3;2-15,17-19H,1H3;3-12,14-15H,1-2H3;2-11,13-15H,1H3;;;;/q4*-1;;;;. The van der Waals surface area contributed by atoms with Crippen molar-refractivity contribution in [2.24, 2.45) is 0 Å². The van der Waals surface area contributed by atoms with Gasteiger partial charge in [0.25, 0.3) is 0 Å². The fourth-order valence-electron chi connectivity index (χ4n) is 13.1. The van der Waals surface area contributed by atoms with Crippen molar-refractivity contribution in [1.82, 2.24) is 59.1 Å². The fourth-order valence-corrected chi connectivity index (χ4v) is 13.1. The molecule has 0 atom stereocenters. The van der Waals surface area contributed by atoms with Crippen LogP contribution in [-0.2, 0) is 80.4 Å². The number of benzene rings is 14. The molecule has 4 heterocycles. The summed E-state index contributed by atoms with van der Waals surface area (Å²) in [6.07, 6.45) is 0. The van der Waals surface area contributed by atoms with E-state index >= 15 is 0 Å². The average Bonchev–Trinajstić information content (AvgIpc) is 1.73. The summed E-state index contributed by atoms with van der Waals surface area (Å²) in [6.45, 7) is 9.75. The summed E-state index contributed by atoms with van der Waals surface area (Å²) in [5.41, 5.74) is 22.7. The molecule has 14 aromatic carbocycles. The second-order valence-electron chi connectivity index (χ2n) is 25.9. The van der Waals surface area contributed by atoms with Gasteiger partial charge in [-0.15, -0.1) is 143 Å². The zero-order chi connectivity index (χ0) is 74.3. The quantitative estimate of drug-likeness (QED) is 0.0987. The van der Waals surface area contributed by atoms with Crippen molar-refractivity contribution in [2.75, 3.05) is 0 Å². The predicted octanol–water partition coefficient (Wildman–Crippen LogP) is 22.5. The van der Waals surface area contributed by atoms with Crippen LogP contribution in [0, 0.1) is 58.9 Å². The first-order chi connectivity index (χ1) is 53.6. The molecular formula is C97H74Ir4N12-4. The molecule has 16 heteroatoms. The van der Waals surface area contributed by atoms with Gasteiger partial charge in [0, 0.05) is 91.5 Å². The van der Waals surface area contributed by atoms with Crippen LogP contribution in [-0.4, -0.2) is 59.1 Å². The Morgan fingerprint density at radius 3 is 0.965 bits per heavy atom. The van der Waals surface area contributed by atoms with E-state index in [1.165, 1.54) is 22.3 Å². The smallest absolute Gasteiger partial charge is 0.137 e. The molecular weight excluding hydrogens is 2100 g/mol. The molecule has 562 valence electrons. The zero-order valence-electron chi connectivity index (χ0n) is 62.3. The number of nitrogens with zero attached hydrogens (tertiary/aromatic N) is 12.